The summed E-state index contributed by atoms with van der Waals surface area (Å²) in [6.45, 7) is 0. The molecule has 21 heavy (non-hydrogen) atoms. The van der Waals surface area contributed by atoms with E-state index in [4.69, 9.17) is 0 Å². The Kier molecular flexibility index (Phi) is 3.47. The van der Waals surface area contributed by atoms with E-state index in [2.05, 4.69) is 15.9 Å². The number of hydrogen-bond donors (Lipinski definition) is 1. The fourth-order valence-electron chi connectivity index (χ4n) is 2.57. The van der Waals surface area contributed by atoms with Gasteiger partial charge in [0.15, 0.2) is 0 Å². The van der Waals surface area contributed by atoms with Crippen molar-refractivity contribution in [2.24, 2.45) is 0 Å². The SMILES string of the molecule is O=C(O)C1=C(c2ccccc2)c2ccc(CBr)cc2C1=O. The third-order valence-corrected chi connectivity index (χ3v) is 4.15. The zero-order valence-electron chi connectivity index (χ0n) is 11.0. The molecule has 2 aromatic rings. The second-order valence-electron chi connectivity index (χ2n) is 4.76. The first-order valence-corrected chi connectivity index (χ1v) is 7.52. The minimum absolute atomic E-state index is 0.150. The van der Waals surface area contributed by atoms with Gasteiger partial charge < -0.3 is 5.11 Å². The van der Waals surface area contributed by atoms with Crippen LogP contribution in [-0.2, 0) is 10.1 Å². The molecule has 0 radical (unpaired) electrons. The zero-order chi connectivity index (χ0) is 15.0. The maximum atomic E-state index is 12.4. The third kappa shape index (κ3) is 2.21. The Balaban J connectivity index is 2.28. The van der Waals surface area contributed by atoms with Gasteiger partial charge in [0.1, 0.15) is 5.57 Å². The second kappa shape index (κ2) is 5.30. The lowest BCUT2D eigenvalue weighted by Gasteiger charge is -2.07. The molecule has 2 aromatic carbocycles. The standard InChI is InChI=1S/C17H11BrO3/c18-9-10-6-7-12-13(8-10)16(19)15(17(20)21)14(12)11-4-2-1-3-5-11/h1-8H,9H2,(H,20,21). The number of carbonyl (C=O) groups excluding carboxylic acids is 1. The molecule has 0 bridgehead atoms. The number of carbonyl (C=O) groups is 2. The topological polar surface area (TPSA) is 54.4 Å². The van der Waals surface area contributed by atoms with Crippen LogP contribution >= 0.6 is 15.9 Å². The maximum absolute atomic E-state index is 12.4. The minimum atomic E-state index is -1.18. The van der Waals surface area contributed by atoms with E-state index < -0.39 is 11.8 Å². The van der Waals surface area contributed by atoms with Gasteiger partial charge in [-0.2, -0.15) is 0 Å². The van der Waals surface area contributed by atoms with Crippen molar-refractivity contribution in [2.75, 3.05) is 0 Å². The summed E-state index contributed by atoms with van der Waals surface area (Å²) in [6.07, 6.45) is 0. The average Bonchev–Trinajstić information content (AvgIpc) is 2.81. The summed E-state index contributed by atoms with van der Waals surface area (Å²) >= 11 is 3.35. The van der Waals surface area contributed by atoms with Gasteiger partial charge in [-0.05, 0) is 22.8 Å². The van der Waals surface area contributed by atoms with Gasteiger partial charge in [-0.1, -0.05) is 58.4 Å². The van der Waals surface area contributed by atoms with Crippen LogP contribution in [0.15, 0.2) is 54.1 Å². The average molecular weight is 343 g/mol. The van der Waals surface area contributed by atoms with Gasteiger partial charge in [0.2, 0.25) is 5.78 Å². The van der Waals surface area contributed by atoms with E-state index in [1.165, 1.54) is 0 Å². The molecule has 3 rings (SSSR count). The molecule has 1 N–H and O–H groups in total. The highest BCUT2D eigenvalue weighted by Gasteiger charge is 2.34. The fourth-order valence-corrected chi connectivity index (χ4v) is 2.92. The number of benzene rings is 2. The zero-order valence-corrected chi connectivity index (χ0v) is 12.6. The van der Waals surface area contributed by atoms with E-state index in [-0.39, 0.29) is 5.57 Å². The molecular formula is C17H11BrO3. The normalized spacial score (nSPS) is 13.5. The molecule has 0 fully saturated rings. The molecule has 0 atom stereocenters. The number of halogens is 1. The fraction of sp³-hybridized carbons (Fsp3) is 0.0588. The van der Waals surface area contributed by atoms with Crippen LogP contribution in [0.4, 0.5) is 0 Å². The van der Waals surface area contributed by atoms with Gasteiger partial charge in [0.25, 0.3) is 0 Å². The highest BCUT2D eigenvalue weighted by atomic mass is 79.9. The first-order chi connectivity index (χ1) is 10.1. The summed E-state index contributed by atoms with van der Waals surface area (Å²) in [5, 5.41) is 10.0. The van der Waals surface area contributed by atoms with Crippen molar-refractivity contribution in [3.05, 3.63) is 76.4 Å². The van der Waals surface area contributed by atoms with Crippen molar-refractivity contribution in [1.82, 2.24) is 0 Å². The van der Waals surface area contributed by atoms with Gasteiger partial charge in [-0.25, -0.2) is 4.79 Å². The Morgan fingerprint density at radius 2 is 1.76 bits per heavy atom. The van der Waals surface area contributed by atoms with Gasteiger partial charge in [0.05, 0.1) is 0 Å². The van der Waals surface area contributed by atoms with Crippen LogP contribution in [0.5, 0.6) is 0 Å². The highest BCUT2D eigenvalue weighted by molar-refractivity contribution is 9.08. The molecular weight excluding hydrogens is 332 g/mol. The summed E-state index contributed by atoms with van der Waals surface area (Å²) in [7, 11) is 0. The van der Waals surface area contributed by atoms with Gasteiger partial charge in [0, 0.05) is 16.5 Å². The van der Waals surface area contributed by atoms with Gasteiger partial charge in [-0.15, -0.1) is 0 Å². The number of rotatable bonds is 3. The van der Waals surface area contributed by atoms with E-state index in [1.807, 2.05) is 42.5 Å². The maximum Gasteiger partial charge on any atom is 0.340 e. The Bertz CT molecular complexity index is 776. The predicted octanol–water partition coefficient (Wildman–Crippen LogP) is 3.66. The number of fused-ring (bicyclic) bond motifs is 1. The summed E-state index contributed by atoms with van der Waals surface area (Å²) in [4.78, 5) is 24.0. The largest absolute Gasteiger partial charge is 0.478 e. The number of carboxylic acid groups (broad SMARTS) is 1. The summed E-state index contributed by atoms with van der Waals surface area (Å²) in [5.41, 5.74) is 3.19. The molecule has 1 aliphatic rings. The number of hydrogen-bond acceptors (Lipinski definition) is 2. The number of aliphatic carboxylic acids is 1. The molecule has 0 heterocycles. The third-order valence-electron chi connectivity index (χ3n) is 3.51. The van der Waals surface area contributed by atoms with Crippen molar-refractivity contribution in [3.8, 4) is 0 Å². The molecule has 104 valence electrons. The lowest BCUT2D eigenvalue weighted by atomic mass is 9.97. The number of carboxylic acids is 1. The summed E-state index contributed by atoms with van der Waals surface area (Å²) in [5.74, 6) is -1.60. The Labute approximate surface area is 130 Å². The Morgan fingerprint density at radius 3 is 2.38 bits per heavy atom. The van der Waals surface area contributed by atoms with Crippen LogP contribution in [0.1, 0.15) is 27.0 Å². The Morgan fingerprint density at radius 1 is 1.05 bits per heavy atom. The van der Waals surface area contributed by atoms with Crippen LogP contribution < -0.4 is 0 Å². The molecule has 3 nitrogen and oxygen atoms in total. The number of ketones is 1. The Hall–Kier alpha value is -2.20. The number of Topliss-reactive ketones (excluding diaryl/α,β-unsaturated/α-hetero) is 1. The number of alkyl halides is 1. The molecule has 0 saturated heterocycles. The van der Waals surface area contributed by atoms with Crippen LogP contribution in [0.3, 0.4) is 0 Å². The molecule has 4 heteroatoms. The highest BCUT2D eigenvalue weighted by Crippen LogP contribution is 2.38. The molecule has 0 aromatic heterocycles. The lowest BCUT2D eigenvalue weighted by Crippen LogP contribution is -2.09. The first kappa shape index (κ1) is 13.8. The lowest BCUT2D eigenvalue weighted by molar-refractivity contribution is -0.132. The van der Waals surface area contributed by atoms with Crippen LogP contribution in [0, 0.1) is 0 Å². The van der Waals surface area contributed by atoms with Crippen LogP contribution in [-0.4, -0.2) is 16.9 Å². The second-order valence-corrected chi connectivity index (χ2v) is 5.32. The molecule has 0 amide bonds. The van der Waals surface area contributed by atoms with E-state index >= 15 is 0 Å². The van der Waals surface area contributed by atoms with Crippen molar-refractivity contribution >= 4 is 33.3 Å². The first-order valence-electron chi connectivity index (χ1n) is 6.40. The van der Waals surface area contributed by atoms with Crippen molar-refractivity contribution in [3.63, 3.8) is 0 Å². The summed E-state index contributed by atoms with van der Waals surface area (Å²) < 4.78 is 0. The van der Waals surface area contributed by atoms with E-state index in [0.717, 1.165) is 11.1 Å². The molecule has 0 spiro atoms. The van der Waals surface area contributed by atoms with Gasteiger partial charge >= 0.3 is 5.97 Å². The van der Waals surface area contributed by atoms with Crippen LogP contribution in [0.25, 0.3) is 5.57 Å². The minimum Gasteiger partial charge on any atom is -0.478 e. The van der Waals surface area contributed by atoms with E-state index in [9.17, 15) is 14.7 Å². The van der Waals surface area contributed by atoms with E-state index in [1.54, 1.807) is 6.07 Å². The van der Waals surface area contributed by atoms with E-state index in [0.29, 0.717) is 22.0 Å². The molecule has 1 aliphatic carbocycles. The van der Waals surface area contributed by atoms with Gasteiger partial charge in [-0.3, -0.25) is 4.79 Å². The predicted molar refractivity (Wildman–Crippen MR) is 83.5 cm³/mol. The smallest absolute Gasteiger partial charge is 0.340 e. The summed E-state index contributed by atoms with van der Waals surface area (Å²) in [6, 6.07) is 14.6. The monoisotopic (exact) mass is 342 g/mol. The molecule has 0 unspecified atom stereocenters. The van der Waals surface area contributed by atoms with Crippen molar-refractivity contribution in [2.45, 2.75) is 5.33 Å². The van der Waals surface area contributed by atoms with Crippen molar-refractivity contribution < 1.29 is 14.7 Å². The van der Waals surface area contributed by atoms with Crippen LogP contribution in [0.2, 0.25) is 0 Å². The quantitative estimate of drug-likeness (QED) is 0.684. The molecule has 0 saturated carbocycles. The van der Waals surface area contributed by atoms with Crippen molar-refractivity contribution in [1.29, 1.82) is 0 Å². The molecule has 0 aliphatic heterocycles.